The monoisotopic (exact) mass is 459 g/mol. The number of hydrogen-bond donors (Lipinski definition) is 2. The molecule has 31 heavy (non-hydrogen) atoms. The van der Waals surface area contributed by atoms with E-state index in [0.29, 0.717) is 17.1 Å². The van der Waals surface area contributed by atoms with Gasteiger partial charge in [-0.25, -0.2) is 9.82 Å². The molecule has 0 aliphatic carbocycles. The largest absolute Gasteiger partial charge is 0.496 e. The second-order valence-corrected chi connectivity index (χ2v) is 8.48. The fourth-order valence-corrected chi connectivity index (χ4v) is 4.22. The molecule has 2 aromatic carbocycles. The SMILES string of the molecule is COc1ccc(/C=N/NC(=O)C(=O)Nc2ccccc2F)cc1CSc1nnc(C)s1. The van der Waals surface area contributed by atoms with Crippen molar-refractivity contribution in [2.75, 3.05) is 12.4 Å². The Morgan fingerprint density at radius 2 is 2.03 bits per heavy atom. The van der Waals surface area contributed by atoms with E-state index in [-0.39, 0.29) is 5.69 Å². The number of hydrogen-bond acceptors (Lipinski definition) is 8. The van der Waals surface area contributed by atoms with E-state index in [1.54, 1.807) is 25.3 Å². The van der Waals surface area contributed by atoms with Gasteiger partial charge in [-0.05, 0) is 42.8 Å². The number of ether oxygens (including phenoxy) is 1. The summed E-state index contributed by atoms with van der Waals surface area (Å²) in [7, 11) is 1.58. The van der Waals surface area contributed by atoms with Crippen molar-refractivity contribution < 1.29 is 18.7 Å². The van der Waals surface area contributed by atoms with E-state index in [0.717, 1.165) is 14.9 Å². The zero-order valence-electron chi connectivity index (χ0n) is 16.6. The molecule has 3 rings (SSSR count). The van der Waals surface area contributed by atoms with Crippen LogP contribution in [-0.4, -0.2) is 35.3 Å². The van der Waals surface area contributed by atoms with E-state index < -0.39 is 17.6 Å². The Morgan fingerprint density at radius 1 is 1.23 bits per heavy atom. The van der Waals surface area contributed by atoms with Gasteiger partial charge in [-0.2, -0.15) is 5.10 Å². The number of aryl methyl sites for hydroxylation is 1. The van der Waals surface area contributed by atoms with Crippen molar-refractivity contribution in [2.45, 2.75) is 17.0 Å². The van der Waals surface area contributed by atoms with Gasteiger partial charge in [0.1, 0.15) is 16.6 Å². The van der Waals surface area contributed by atoms with Crippen LogP contribution in [0.1, 0.15) is 16.1 Å². The summed E-state index contributed by atoms with van der Waals surface area (Å²) >= 11 is 3.04. The summed E-state index contributed by atoms with van der Waals surface area (Å²) in [5, 5.41) is 15.0. The van der Waals surface area contributed by atoms with Gasteiger partial charge in [0.05, 0.1) is 19.0 Å². The summed E-state index contributed by atoms with van der Waals surface area (Å²) in [6, 6.07) is 11.0. The minimum atomic E-state index is -1.03. The average molecular weight is 460 g/mol. The second kappa shape index (κ2) is 10.6. The molecule has 0 spiro atoms. The molecule has 0 saturated carbocycles. The van der Waals surface area contributed by atoms with Gasteiger partial charge in [-0.1, -0.05) is 35.2 Å². The number of para-hydroxylation sites is 1. The first-order valence-electron chi connectivity index (χ1n) is 8.95. The van der Waals surface area contributed by atoms with Crippen molar-refractivity contribution in [3.63, 3.8) is 0 Å². The summed E-state index contributed by atoms with van der Waals surface area (Å²) in [6.07, 6.45) is 1.40. The van der Waals surface area contributed by atoms with Gasteiger partial charge in [0.25, 0.3) is 0 Å². The predicted octanol–water partition coefficient (Wildman–Crippen LogP) is 3.38. The molecule has 2 N–H and O–H groups in total. The lowest BCUT2D eigenvalue weighted by Gasteiger charge is -2.08. The Bertz CT molecular complexity index is 1120. The minimum Gasteiger partial charge on any atom is -0.496 e. The summed E-state index contributed by atoms with van der Waals surface area (Å²) in [4.78, 5) is 23.8. The number of benzene rings is 2. The van der Waals surface area contributed by atoms with Crippen molar-refractivity contribution in [1.29, 1.82) is 0 Å². The van der Waals surface area contributed by atoms with Crippen molar-refractivity contribution in [3.8, 4) is 5.75 Å². The highest BCUT2D eigenvalue weighted by atomic mass is 32.2. The van der Waals surface area contributed by atoms with Crippen LogP contribution < -0.4 is 15.5 Å². The maximum absolute atomic E-state index is 13.6. The lowest BCUT2D eigenvalue weighted by Crippen LogP contribution is -2.32. The van der Waals surface area contributed by atoms with Gasteiger partial charge in [-0.3, -0.25) is 9.59 Å². The van der Waals surface area contributed by atoms with Crippen LogP contribution in [0.5, 0.6) is 5.75 Å². The van der Waals surface area contributed by atoms with E-state index in [4.69, 9.17) is 4.74 Å². The van der Waals surface area contributed by atoms with Gasteiger partial charge < -0.3 is 10.1 Å². The van der Waals surface area contributed by atoms with E-state index >= 15 is 0 Å². The summed E-state index contributed by atoms with van der Waals surface area (Å²) in [5.74, 6) is -1.37. The number of carbonyl (C=O) groups excluding carboxylic acids is 2. The number of nitrogens with one attached hydrogen (secondary N) is 2. The van der Waals surface area contributed by atoms with Gasteiger partial charge >= 0.3 is 11.8 Å². The van der Waals surface area contributed by atoms with Crippen molar-refractivity contribution in [1.82, 2.24) is 15.6 Å². The van der Waals surface area contributed by atoms with Gasteiger partial charge in [0.15, 0.2) is 4.34 Å². The topological polar surface area (TPSA) is 106 Å². The van der Waals surface area contributed by atoms with Crippen LogP contribution in [0.3, 0.4) is 0 Å². The summed E-state index contributed by atoms with van der Waals surface area (Å²) in [5.41, 5.74) is 3.64. The maximum atomic E-state index is 13.6. The second-order valence-electron chi connectivity index (χ2n) is 6.08. The van der Waals surface area contributed by atoms with Crippen LogP contribution in [-0.2, 0) is 15.3 Å². The zero-order valence-corrected chi connectivity index (χ0v) is 18.2. The Morgan fingerprint density at radius 3 is 2.74 bits per heavy atom. The van der Waals surface area contributed by atoms with Crippen LogP contribution in [0, 0.1) is 12.7 Å². The van der Waals surface area contributed by atoms with E-state index in [2.05, 4.69) is 26.0 Å². The molecule has 0 aliphatic heterocycles. The number of carbonyl (C=O) groups is 2. The Kier molecular flexibility index (Phi) is 7.68. The van der Waals surface area contributed by atoms with Crippen LogP contribution >= 0.6 is 23.1 Å². The smallest absolute Gasteiger partial charge is 0.329 e. The van der Waals surface area contributed by atoms with Crippen LogP contribution in [0.2, 0.25) is 0 Å². The van der Waals surface area contributed by atoms with Gasteiger partial charge in [0.2, 0.25) is 0 Å². The number of nitrogens with zero attached hydrogens (tertiary/aromatic N) is 3. The highest BCUT2D eigenvalue weighted by Gasteiger charge is 2.14. The summed E-state index contributed by atoms with van der Waals surface area (Å²) in [6.45, 7) is 1.89. The number of amides is 2. The normalized spacial score (nSPS) is 10.8. The molecular formula is C20H18FN5O3S2. The molecule has 0 unspecified atom stereocenters. The Labute approximate surface area is 185 Å². The molecule has 2 amide bonds. The van der Waals surface area contributed by atoms with Crippen molar-refractivity contribution in [2.24, 2.45) is 5.10 Å². The van der Waals surface area contributed by atoms with Crippen LogP contribution in [0.4, 0.5) is 10.1 Å². The molecule has 160 valence electrons. The number of halogens is 1. The summed E-state index contributed by atoms with van der Waals surface area (Å²) < 4.78 is 19.8. The van der Waals surface area contributed by atoms with E-state index in [9.17, 15) is 14.0 Å². The van der Waals surface area contributed by atoms with E-state index in [1.165, 1.54) is 47.5 Å². The molecule has 0 radical (unpaired) electrons. The molecule has 11 heteroatoms. The van der Waals surface area contributed by atoms with Crippen LogP contribution in [0.25, 0.3) is 0 Å². The number of hydrazone groups is 1. The molecule has 0 atom stereocenters. The molecule has 0 saturated heterocycles. The quantitative estimate of drug-likeness (QED) is 0.243. The molecule has 0 fully saturated rings. The highest BCUT2D eigenvalue weighted by Crippen LogP contribution is 2.30. The van der Waals surface area contributed by atoms with Crippen molar-refractivity contribution in [3.05, 3.63) is 64.4 Å². The standard InChI is InChI=1S/C20H18FN5O3S2/c1-12-24-26-20(31-12)30-11-14-9-13(7-8-17(14)29-2)10-22-25-19(28)18(27)23-16-6-4-3-5-15(16)21/h3-10H,11H2,1-2H3,(H,23,27)(H,25,28)/b22-10+. The number of methoxy groups -OCH3 is 1. The van der Waals surface area contributed by atoms with E-state index in [1.807, 2.05) is 13.0 Å². The Balaban J connectivity index is 1.60. The third-order valence-electron chi connectivity index (χ3n) is 3.87. The molecule has 3 aromatic rings. The fourth-order valence-electron chi connectivity index (χ4n) is 2.43. The first kappa shape index (κ1) is 22.4. The maximum Gasteiger partial charge on any atom is 0.329 e. The molecule has 0 bridgehead atoms. The molecule has 1 heterocycles. The first-order valence-corrected chi connectivity index (χ1v) is 10.7. The number of anilines is 1. The van der Waals surface area contributed by atoms with Gasteiger partial charge in [0, 0.05) is 11.3 Å². The lowest BCUT2D eigenvalue weighted by molar-refractivity contribution is -0.136. The number of rotatable bonds is 7. The molecule has 0 aliphatic rings. The Hall–Kier alpha value is -3.31. The molecule has 1 aromatic heterocycles. The molecule has 8 nitrogen and oxygen atoms in total. The molecular weight excluding hydrogens is 441 g/mol. The highest BCUT2D eigenvalue weighted by molar-refractivity contribution is 8.00. The third kappa shape index (κ3) is 6.33. The number of thioether (sulfide) groups is 1. The van der Waals surface area contributed by atoms with Gasteiger partial charge in [-0.15, -0.1) is 10.2 Å². The fraction of sp³-hybridized carbons (Fsp3) is 0.150. The van der Waals surface area contributed by atoms with Crippen LogP contribution in [0.15, 0.2) is 51.9 Å². The predicted molar refractivity (Wildman–Crippen MR) is 118 cm³/mol. The number of aromatic nitrogens is 2. The zero-order chi connectivity index (χ0) is 22.2. The minimum absolute atomic E-state index is 0.0884. The lowest BCUT2D eigenvalue weighted by atomic mass is 10.1. The average Bonchev–Trinajstić information content (AvgIpc) is 3.19. The first-order chi connectivity index (χ1) is 15.0. The van der Waals surface area contributed by atoms with Crippen molar-refractivity contribution >= 4 is 46.8 Å². The third-order valence-corrected chi connectivity index (χ3v) is 5.89.